The Balaban J connectivity index is 1.58. The maximum Gasteiger partial charge on any atom is 0.416 e. The lowest BCUT2D eigenvalue weighted by Crippen LogP contribution is -2.52. The van der Waals surface area contributed by atoms with Crippen molar-refractivity contribution in [1.29, 1.82) is 0 Å². The molecule has 0 aromatic heterocycles. The summed E-state index contributed by atoms with van der Waals surface area (Å²) in [6, 6.07) is 10.3. The van der Waals surface area contributed by atoms with Crippen molar-refractivity contribution in [3.63, 3.8) is 0 Å². The fraction of sp³-hybridized carbons (Fsp3) is 0.350. The fourth-order valence-electron chi connectivity index (χ4n) is 3.39. The lowest BCUT2D eigenvalue weighted by Gasteiger charge is -2.38. The van der Waals surface area contributed by atoms with E-state index in [1.54, 1.807) is 25.1 Å². The number of benzene rings is 2. The van der Waals surface area contributed by atoms with Crippen molar-refractivity contribution in [3.8, 4) is 0 Å². The van der Waals surface area contributed by atoms with E-state index in [2.05, 4.69) is 5.32 Å². The molecule has 1 amide bonds. The van der Waals surface area contributed by atoms with E-state index in [1.807, 2.05) is 9.80 Å². The van der Waals surface area contributed by atoms with Crippen molar-refractivity contribution < 1.29 is 22.9 Å². The van der Waals surface area contributed by atoms with Crippen LogP contribution in [0.25, 0.3) is 0 Å². The van der Waals surface area contributed by atoms with E-state index >= 15 is 0 Å². The van der Waals surface area contributed by atoms with Crippen molar-refractivity contribution in [2.75, 3.05) is 36.4 Å². The maximum atomic E-state index is 12.6. The quantitative estimate of drug-likeness (QED) is 0.586. The van der Waals surface area contributed by atoms with E-state index in [0.29, 0.717) is 37.6 Å². The number of para-hydroxylation sites is 2. The summed E-state index contributed by atoms with van der Waals surface area (Å²) in [6.07, 6.45) is -4.43. The normalized spacial score (nSPS) is 16.2. The van der Waals surface area contributed by atoms with Crippen molar-refractivity contribution in [1.82, 2.24) is 4.90 Å². The SMILES string of the molecule is CC(C(=O)Nc1ccc(C(F)(F)F)cc1)N1CCN(c2ccccc2[N+](=O)[O-])CC1. The summed E-state index contributed by atoms with van der Waals surface area (Å²) < 4.78 is 37.9. The van der Waals surface area contributed by atoms with Crippen molar-refractivity contribution in [2.45, 2.75) is 19.1 Å². The van der Waals surface area contributed by atoms with Gasteiger partial charge in [0.1, 0.15) is 5.69 Å². The number of carbonyl (C=O) groups excluding carboxylic acids is 1. The monoisotopic (exact) mass is 422 g/mol. The van der Waals surface area contributed by atoms with Crippen LogP contribution in [0, 0.1) is 10.1 Å². The first-order chi connectivity index (χ1) is 14.2. The Bertz CT molecular complexity index is 910. The number of carbonyl (C=O) groups is 1. The molecule has 30 heavy (non-hydrogen) atoms. The fourth-order valence-corrected chi connectivity index (χ4v) is 3.39. The summed E-state index contributed by atoms with van der Waals surface area (Å²) in [5, 5.41) is 13.9. The van der Waals surface area contributed by atoms with E-state index < -0.39 is 22.7 Å². The minimum Gasteiger partial charge on any atom is -0.363 e. The molecule has 2 aromatic carbocycles. The Kier molecular flexibility index (Phi) is 6.25. The molecule has 1 saturated heterocycles. The number of hydrogen-bond donors (Lipinski definition) is 1. The number of anilines is 2. The van der Waals surface area contributed by atoms with Crippen LogP contribution in [0.1, 0.15) is 12.5 Å². The summed E-state index contributed by atoms with van der Waals surface area (Å²) in [4.78, 5) is 27.2. The van der Waals surface area contributed by atoms with E-state index in [0.717, 1.165) is 12.1 Å². The van der Waals surface area contributed by atoms with E-state index in [1.165, 1.54) is 18.2 Å². The standard InChI is InChI=1S/C20H21F3N4O3/c1-14(19(28)24-16-8-6-15(7-9-16)20(21,22)23)25-10-12-26(13-11-25)17-4-2-3-5-18(17)27(29)30/h2-9,14H,10-13H2,1H3,(H,24,28). The van der Waals surface area contributed by atoms with Crippen LogP contribution in [-0.4, -0.2) is 48.0 Å². The average Bonchev–Trinajstić information content (AvgIpc) is 2.73. The Labute approximate surface area is 171 Å². The molecule has 1 atom stereocenters. The highest BCUT2D eigenvalue weighted by Gasteiger charge is 2.31. The topological polar surface area (TPSA) is 78.7 Å². The van der Waals surface area contributed by atoms with Crippen LogP contribution in [0.3, 0.4) is 0 Å². The highest BCUT2D eigenvalue weighted by atomic mass is 19.4. The van der Waals surface area contributed by atoms with Crippen LogP contribution in [0.15, 0.2) is 48.5 Å². The summed E-state index contributed by atoms with van der Waals surface area (Å²) in [6.45, 7) is 3.80. The van der Waals surface area contributed by atoms with Gasteiger partial charge in [-0.25, -0.2) is 0 Å². The maximum absolute atomic E-state index is 12.6. The number of halogens is 3. The first-order valence-corrected chi connectivity index (χ1v) is 9.37. The van der Waals surface area contributed by atoms with Crippen LogP contribution in [0.2, 0.25) is 0 Å². The number of nitro benzene ring substituents is 1. The lowest BCUT2D eigenvalue weighted by molar-refractivity contribution is -0.384. The Morgan fingerprint density at radius 1 is 1.07 bits per heavy atom. The zero-order valence-electron chi connectivity index (χ0n) is 16.2. The summed E-state index contributed by atoms with van der Waals surface area (Å²) in [5.74, 6) is -0.325. The Hall–Kier alpha value is -3.14. The highest BCUT2D eigenvalue weighted by molar-refractivity contribution is 5.94. The number of nitro groups is 1. The van der Waals surface area contributed by atoms with Crippen LogP contribution in [-0.2, 0) is 11.0 Å². The van der Waals surface area contributed by atoms with E-state index in [9.17, 15) is 28.1 Å². The largest absolute Gasteiger partial charge is 0.416 e. The second-order valence-corrected chi connectivity index (χ2v) is 7.01. The van der Waals surface area contributed by atoms with Gasteiger partial charge in [0.15, 0.2) is 0 Å². The summed E-state index contributed by atoms with van der Waals surface area (Å²) in [5.41, 5.74) is 0.0983. The molecule has 0 spiro atoms. The lowest BCUT2D eigenvalue weighted by atomic mass is 10.1. The number of alkyl halides is 3. The molecule has 1 aliphatic rings. The summed E-state index contributed by atoms with van der Waals surface area (Å²) >= 11 is 0. The number of piperazine rings is 1. The van der Waals surface area contributed by atoms with Crippen LogP contribution < -0.4 is 10.2 Å². The molecule has 1 unspecified atom stereocenters. The predicted molar refractivity (Wildman–Crippen MR) is 106 cm³/mol. The molecule has 160 valence electrons. The number of hydrogen-bond acceptors (Lipinski definition) is 5. The number of nitrogens with zero attached hydrogens (tertiary/aromatic N) is 3. The first kappa shape index (κ1) is 21.6. The molecule has 1 N–H and O–H groups in total. The molecule has 1 fully saturated rings. The van der Waals surface area contributed by atoms with Gasteiger partial charge in [0, 0.05) is 37.9 Å². The molecule has 7 nitrogen and oxygen atoms in total. The molecule has 1 heterocycles. The predicted octanol–water partition coefficient (Wildman–Crippen LogP) is 3.76. The molecule has 10 heteroatoms. The third-order valence-electron chi connectivity index (χ3n) is 5.14. The molecule has 3 rings (SSSR count). The minimum absolute atomic E-state index is 0.0408. The van der Waals surface area contributed by atoms with Crippen molar-refractivity contribution in [3.05, 3.63) is 64.2 Å². The third kappa shape index (κ3) is 4.88. The zero-order chi connectivity index (χ0) is 21.9. The van der Waals surface area contributed by atoms with Gasteiger partial charge in [-0.1, -0.05) is 12.1 Å². The van der Waals surface area contributed by atoms with Gasteiger partial charge in [-0.2, -0.15) is 13.2 Å². The van der Waals surface area contributed by atoms with Crippen LogP contribution in [0.4, 0.5) is 30.2 Å². The molecule has 0 radical (unpaired) electrons. The molecule has 2 aromatic rings. The van der Waals surface area contributed by atoms with Gasteiger partial charge in [-0.15, -0.1) is 0 Å². The van der Waals surface area contributed by atoms with Crippen molar-refractivity contribution >= 4 is 23.0 Å². The van der Waals surface area contributed by atoms with Gasteiger partial charge >= 0.3 is 6.18 Å². The van der Waals surface area contributed by atoms with Gasteiger partial charge < -0.3 is 10.2 Å². The first-order valence-electron chi connectivity index (χ1n) is 9.37. The zero-order valence-corrected chi connectivity index (χ0v) is 16.2. The van der Waals surface area contributed by atoms with E-state index in [-0.39, 0.29) is 11.6 Å². The average molecular weight is 422 g/mol. The molecule has 0 aliphatic carbocycles. The van der Waals surface area contributed by atoms with Crippen molar-refractivity contribution in [2.24, 2.45) is 0 Å². The molecule has 0 bridgehead atoms. The number of rotatable bonds is 5. The van der Waals surface area contributed by atoms with Gasteiger partial charge in [0.25, 0.3) is 5.69 Å². The van der Waals surface area contributed by atoms with E-state index in [4.69, 9.17) is 0 Å². The summed E-state index contributed by atoms with van der Waals surface area (Å²) in [7, 11) is 0. The molecule has 0 saturated carbocycles. The Morgan fingerprint density at radius 3 is 2.23 bits per heavy atom. The number of amides is 1. The number of nitrogens with one attached hydrogen (secondary N) is 1. The van der Waals surface area contributed by atoms with Gasteiger partial charge in [0.2, 0.25) is 5.91 Å². The second-order valence-electron chi connectivity index (χ2n) is 7.01. The Morgan fingerprint density at radius 2 is 1.67 bits per heavy atom. The molecular formula is C20H21F3N4O3. The minimum atomic E-state index is -4.43. The molecular weight excluding hydrogens is 401 g/mol. The van der Waals surface area contributed by atoms with Crippen LogP contribution in [0.5, 0.6) is 0 Å². The van der Waals surface area contributed by atoms with Crippen LogP contribution >= 0.6 is 0 Å². The smallest absolute Gasteiger partial charge is 0.363 e. The highest BCUT2D eigenvalue weighted by Crippen LogP contribution is 2.30. The second kappa shape index (κ2) is 8.70. The third-order valence-corrected chi connectivity index (χ3v) is 5.14. The van der Waals surface area contributed by atoms with Gasteiger partial charge in [-0.3, -0.25) is 19.8 Å². The molecule has 1 aliphatic heterocycles. The van der Waals surface area contributed by atoms with Gasteiger partial charge in [0.05, 0.1) is 16.5 Å². The van der Waals surface area contributed by atoms with Gasteiger partial charge in [-0.05, 0) is 37.3 Å².